The minimum Gasteiger partial charge on any atom is -0.378 e. The zero-order chi connectivity index (χ0) is 20.5. The molecule has 0 aliphatic carbocycles. The summed E-state index contributed by atoms with van der Waals surface area (Å²) in [4.78, 5) is 38.9. The van der Waals surface area contributed by atoms with E-state index in [1.54, 1.807) is 11.8 Å². The van der Waals surface area contributed by atoms with Crippen LogP contribution in [0.25, 0.3) is 11.0 Å². The standard InChI is InChI=1S/C22H25N5O2/c1-15(28)27-13-12-26(22(29)16-8-10-17(11-9-16)25(2)3)14-20(27)21-23-18-6-4-5-7-19(18)24-21/h4-11,20H,12-14H2,1-3H3,(H,23,24). The monoisotopic (exact) mass is 391 g/mol. The lowest BCUT2D eigenvalue weighted by molar-refractivity contribution is -0.133. The maximum Gasteiger partial charge on any atom is 0.253 e. The average molecular weight is 391 g/mol. The summed E-state index contributed by atoms with van der Waals surface area (Å²) in [6.07, 6.45) is 0. The number of anilines is 1. The average Bonchev–Trinajstić information content (AvgIpc) is 3.17. The molecule has 1 atom stereocenters. The van der Waals surface area contributed by atoms with Crippen molar-refractivity contribution in [3.05, 3.63) is 59.9 Å². The van der Waals surface area contributed by atoms with Gasteiger partial charge in [-0.05, 0) is 36.4 Å². The number of benzene rings is 2. The summed E-state index contributed by atoms with van der Waals surface area (Å²) < 4.78 is 0. The second kappa shape index (κ2) is 7.58. The highest BCUT2D eigenvalue weighted by Gasteiger charge is 2.34. The third-order valence-electron chi connectivity index (χ3n) is 5.43. The van der Waals surface area contributed by atoms with Crippen LogP contribution in [0.5, 0.6) is 0 Å². The Bertz CT molecular complexity index is 1010. The van der Waals surface area contributed by atoms with Gasteiger partial charge in [0.2, 0.25) is 5.91 Å². The topological polar surface area (TPSA) is 72.5 Å². The summed E-state index contributed by atoms with van der Waals surface area (Å²) in [6, 6.07) is 15.1. The summed E-state index contributed by atoms with van der Waals surface area (Å²) >= 11 is 0. The molecule has 2 amide bonds. The highest BCUT2D eigenvalue weighted by Crippen LogP contribution is 2.27. The van der Waals surface area contributed by atoms with E-state index in [9.17, 15) is 9.59 Å². The first-order valence-corrected chi connectivity index (χ1v) is 9.72. The number of piperazine rings is 1. The molecule has 4 rings (SSSR count). The molecule has 1 aliphatic heterocycles. The summed E-state index contributed by atoms with van der Waals surface area (Å²) in [5, 5.41) is 0. The molecule has 1 N–H and O–H groups in total. The molecule has 1 fully saturated rings. The van der Waals surface area contributed by atoms with Gasteiger partial charge < -0.3 is 19.7 Å². The molecule has 0 spiro atoms. The van der Waals surface area contributed by atoms with Crippen molar-refractivity contribution in [2.45, 2.75) is 13.0 Å². The number of hydrogen-bond acceptors (Lipinski definition) is 4. The Balaban J connectivity index is 1.60. The largest absolute Gasteiger partial charge is 0.378 e. The zero-order valence-corrected chi connectivity index (χ0v) is 16.9. The van der Waals surface area contributed by atoms with E-state index in [1.807, 2.05) is 72.4 Å². The molecule has 2 aromatic carbocycles. The third-order valence-corrected chi connectivity index (χ3v) is 5.43. The van der Waals surface area contributed by atoms with Gasteiger partial charge in [-0.3, -0.25) is 9.59 Å². The van der Waals surface area contributed by atoms with Gasteiger partial charge in [0.1, 0.15) is 11.9 Å². The van der Waals surface area contributed by atoms with Gasteiger partial charge in [-0.15, -0.1) is 0 Å². The number of nitrogens with one attached hydrogen (secondary N) is 1. The van der Waals surface area contributed by atoms with Crippen LogP contribution in [0, 0.1) is 0 Å². The second-order valence-corrected chi connectivity index (χ2v) is 7.56. The lowest BCUT2D eigenvalue weighted by Gasteiger charge is -2.40. The number of carbonyl (C=O) groups is 2. The fraction of sp³-hybridized carbons (Fsp3) is 0.318. The molecule has 0 saturated carbocycles. The van der Waals surface area contributed by atoms with Crippen molar-refractivity contribution in [3.63, 3.8) is 0 Å². The van der Waals surface area contributed by atoms with Gasteiger partial charge in [0, 0.05) is 51.9 Å². The molecule has 2 heterocycles. The van der Waals surface area contributed by atoms with Crippen molar-refractivity contribution >= 4 is 28.5 Å². The van der Waals surface area contributed by atoms with E-state index >= 15 is 0 Å². The third kappa shape index (κ3) is 3.68. The van der Waals surface area contributed by atoms with E-state index in [-0.39, 0.29) is 17.9 Å². The molecule has 150 valence electrons. The van der Waals surface area contributed by atoms with E-state index in [2.05, 4.69) is 9.97 Å². The normalized spacial score (nSPS) is 16.9. The molecule has 1 aliphatic rings. The summed E-state index contributed by atoms with van der Waals surface area (Å²) in [5.74, 6) is 0.666. The number of para-hydroxylation sites is 2. The van der Waals surface area contributed by atoms with Crippen molar-refractivity contribution in [3.8, 4) is 0 Å². The van der Waals surface area contributed by atoms with E-state index in [0.717, 1.165) is 16.7 Å². The lowest BCUT2D eigenvalue weighted by Crippen LogP contribution is -2.52. The Hall–Kier alpha value is -3.35. The minimum absolute atomic E-state index is 0.0158. The van der Waals surface area contributed by atoms with E-state index < -0.39 is 0 Å². The van der Waals surface area contributed by atoms with Gasteiger partial charge in [-0.2, -0.15) is 0 Å². The maximum absolute atomic E-state index is 13.1. The number of carbonyl (C=O) groups excluding carboxylic acids is 2. The number of aromatic nitrogens is 2. The van der Waals surface area contributed by atoms with Crippen LogP contribution in [-0.2, 0) is 4.79 Å². The first-order chi connectivity index (χ1) is 13.9. The van der Waals surface area contributed by atoms with Crippen molar-refractivity contribution < 1.29 is 9.59 Å². The summed E-state index contributed by atoms with van der Waals surface area (Å²) in [7, 11) is 3.94. The number of nitrogens with zero attached hydrogens (tertiary/aromatic N) is 4. The number of H-pyrrole nitrogens is 1. The summed E-state index contributed by atoms with van der Waals surface area (Å²) in [6.45, 7) is 2.96. The van der Waals surface area contributed by atoms with Crippen molar-refractivity contribution in [2.75, 3.05) is 38.6 Å². The van der Waals surface area contributed by atoms with Gasteiger partial charge in [0.15, 0.2) is 0 Å². The van der Waals surface area contributed by atoms with E-state index in [4.69, 9.17) is 0 Å². The molecular formula is C22H25N5O2. The molecule has 7 heteroatoms. The van der Waals surface area contributed by atoms with E-state index in [0.29, 0.717) is 31.0 Å². The van der Waals surface area contributed by atoms with Gasteiger partial charge >= 0.3 is 0 Å². The number of rotatable bonds is 3. The molecule has 7 nitrogen and oxygen atoms in total. The van der Waals surface area contributed by atoms with Gasteiger partial charge in [-0.25, -0.2) is 4.98 Å². The van der Waals surface area contributed by atoms with Crippen LogP contribution in [0.2, 0.25) is 0 Å². The Morgan fingerprint density at radius 3 is 2.45 bits per heavy atom. The number of imidazole rings is 1. The first-order valence-electron chi connectivity index (χ1n) is 9.72. The van der Waals surface area contributed by atoms with Crippen molar-refractivity contribution in [1.29, 1.82) is 0 Å². The summed E-state index contributed by atoms with van der Waals surface area (Å²) in [5.41, 5.74) is 3.47. The molecule has 1 aromatic heterocycles. The quantitative estimate of drug-likeness (QED) is 0.745. The number of amides is 2. The Morgan fingerprint density at radius 1 is 1.07 bits per heavy atom. The Kier molecular flexibility index (Phi) is 4.96. The number of fused-ring (bicyclic) bond motifs is 1. The molecule has 1 unspecified atom stereocenters. The van der Waals surface area contributed by atoms with Crippen LogP contribution >= 0.6 is 0 Å². The SMILES string of the molecule is CC(=O)N1CCN(C(=O)c2ccc(N(C)C)cc2)CC1c1nc2ccccc2[nH]1. The molecule has 3 aromatic rings. The lowest BCUT2D eigenvalue weighted by atomic mass is 10.1. The molecular weight excluding hydrogens is 366 g/mol. The fourth-order valence-electron chi connectivity index (χ4n) is 3.79. The van der Waals surface area contributed by atoms with Gasteiger partial charge in [0.25, 0.3) is 5.91 Å². The maximum atomic E-state index is 13.1. The zero-order valence-electron chi connectivity index (χ0n) is 16.9. The van der Waals surface area contributed by atoms with Crippen LogP contribution in [0.4, 0.5) is 5.69 Å². The molecule has 0 radical (unpaired) electrons. The molecule has 29 heavy (non-hydrogen) atoms. The number of aromatic amines is 1. The predicted molar refractivity (Wildman–Crippen MR) is 113 cm³/mol. The van der Waals surface area contributed by atoms with Crippen LogP contribution < -0.4 is 4.90 Å². The van der Waals surface area contributed by atoms with Crippen LogP contribution in [-0.4, -0.2) is 65.3 Å². The van der Waals surface area contributed by atoms with Crippen LogP contribution in [0.3, 0.4) is 0 Å². The number of hydrogen-bond donors (Lipinski definition) is 1. The van der Waals surface area contributed by atoms with Gasteiger partial charge in [0.05, 0.1) is 11.0 Å². The molecule has 1 saturated heterocycles. The first kappa shape index (κ1) is 19.0. The molecule has 0 bridgehead atoms. The second-order valence-electron chi connectivity index (χ2n) is 7.56. The fourth-order valence-corrected chi connectivity index (χ4v) is 3.79. The van der Waals surface area contributed by atoms with Crippen molar-refractivity contribution in [1.82, 2.24) is 19.8 Å². The van der Waals surface area contributed by atoms with Gasteiger partial charge in [-0.1, -0.05) is 12.1 Å². The Labute approximate surface area is 169 Å². The smallest absolute Gasteiger partial charge is 0.253 e. The minimum atomic E-state index is -0.293. The highest BCUT2D eigenvalue weighted by atomic mass is 16.2. The predicted octanol–water partition coefficient (Wildman–Crippen LogP) is 2.67. The van der Waals surface area contributed by atoms with Crippen LogP contribution in [0.1, 0.15) is 29.1 Å². The van der Waals surface area contributed by atoms with Crippen molar-refractivity contribution in [2.24, 2.45) is 0 Å². The van der Waals surface area contributed by atoms with E-state index in [1.165, 1.54) is 0 Å². The highest BCUT2D eigenvalue weighted by molar-refractivity contribution is 5.94. The Morgan fingerprint density at radius 2 is 1.79 bits per heavy atom. The van der Waals surface area contributed by atoms with Crippen LogP contribution in [0.15, 0.2) is 48.5 Å².